The largest absolute Gasteiger partial charge is 0.492 e. The summed E-state index contributed by atoms with van der Waals surface area (Å²) in [5.41, 5.74) is 15.1. The standard InChI is InChI=1S/C23H17N7O4/c24-10-1-3-16-12(5-10)18(20(31)29-16)33-22-14-7-26-8-15(14)23(28-9-27-22)34-19-13-6-11(25)2-4-17(13)30-21(19)32/h1-9,29-32H,24-25H2. The number of nitrogens with zero attached hydrogens (tertiary/aromatic N) is 3. The van der Waals surface area contributed by atoms with Gasteiger partial charge in [0.1, 0.15) is 6.33 Å². The molecule has 11 heteroatoms. The highest BCUT2D eigenvalue weighted by molar-refractivity contribution is 5.93. The van der Waals surface area contributed by atoms with Gasteiger partial charge in [-0.1, -0.05) is 0 Å². The summed E-state index contributed by atoms with van der Waals surface area (Å²) in [6, 6.07) is 10.3. The van der Waals surface area contributed by atoms with Crippen LogP contribution in [-0.2, 0) is 0 Å². The van der Waals surface area contributed by atoms with Gasteiger partial charge in [0.25, 0.3) is 0 Å². The minimum absolute atomic E-state index is 0.140. The van der Waals surface area contributed by atoms with Crippen molar-refractivity contribution in [3.05, 3.63) is 55.1 Å². The second kappa shape index (κ2) is 7.17. The van der Waals surface area contributed by atoms with Crippen molar-refractivity contribution in [1.29, 1.82) is 0 Å². The average molecular weight is 455 g/mol. The van der Waals surface area contributed by atoms with Crippen molar-refractivity contribution in [1.82, 2.24) is 24.9 Å². The number of H-pyrrole nitrogens is 2. The van der Waals surface area contributed by atoms with Crippen LogP contribution in [0.25, 0.3) is 32.9 Å². The fraction of sp³-hybridized carbons (Fsp3) is 0. The van der Waals surface area contributed by atoms with E-state index in [1.54, 1.807) is 48.8 Å². The van der Waals surface area contributed by atoms with Crippen LogP contribution in [0.3, 0.4) is 0 Å². The summed E-state index contributed by atoms with van der Waals surface area (Å²) in [7, 11) is 0. The lowest BCUT2D eigenvalue weighted by Gasteiger charge is -2.07. The lowest BCUT2D eigenvalue weighted by Crippen LogP contribution is -1.90. The molecule has 0 saturated heterocycles. The van der Waals surface area contributed by atoms with Gasteiger partial charge in [-0.05, 0) is 36.4 Å². The number of aromatic nitrogens is 5. The number of fused-ring (bicyclic) bond motifs is 3. The minimum atomic E-state index is -0.174. The van der Waals surface area contributed by atoms with E-state index in [1.165, 1.54) is 6.33 Å². The van der Waals surface area contributed by atoms with Crippen molar-refractivity contribution >= 4 is 33.2 Å². The number of rotatable bonds is 4. The second-order valence-corrected chi connectivity index (χ2v) is 7.64. The number of benzene rings is 2. The smallest absolute Gasteiger partial charge is 0.233 e. The fourth-order valence-electron chi connectivity index (χ4n) is 3.84. The number of nitrogen functional groups attached to an aromatic ring is 2. The Bertz CT molecular complexity index is 1550. The Morgan fingerprint density at radius 1 is 0.706 bits per heavy atom. The van der Waals surface area contributed by atoms with E-state index >= 15 is 0 Å². The monoisotopic (exact) mass is 455 g/mol. The van der Waals surface area contributed by atoms with Gasteiger partial charge in [-0.15, -0.1) is 0 Å². The number of nitrogens with two attached hydrogens (primary N) is 2. The first-order chi connectivity index (χ1) is 16.5. The third-order valence-electron chi connectivity index (χ3n) is 5.42. The van der Waals surface area contributed by atoms with E-state index in [4.69, 9.17) is 20.9 Å². The zero-order valence-electron chi connectivity index (χ0n) is 17.4. The minimum Gasteiger partial charge on any atom is -0.492 e. The molecule has 8 N–H and O–H groups in total. The number of ether oxygens (including phenoxy) is 2. The van der Waals surface area contributed by atoms with Crippen LogP contribution in [0.4, 0.5) is 11.4 Å². The molecule has 0 amide bonds. The van der Waals surface area contributed by atoms with Crippen LogP contribution >= 0.6 is 0 Å². The first-order valence-electron chi connectivity index (χ1n) is 10.1. The van der Waals surface area contributed by atoms with E-state index in [9.17, 15) is 10.2 Å². The van der Waals surface area contributed by atoms with Crippen LogP contribution in [0, 0.1) is 0 Å². The molecule has 6 rings (SSSR count). The molecule has 2 aromatic carbocycles. The van der Waals surface area contributed by atoms with Crippen molar-refractivity contribution in [2.45, 2.75) is 0 Å². The SMILES string of the molecule is Nc1ccc2[nH]c(O)c(Oc3ncnc(Oc4c(O)[nH]c5ccc(N)cc45)c4cncc3-4)c2c1. The van der Waals surface area contributed by atoms with Gasteiger partial charge < -0.3 is 41.1 Å². The van der Waals surface area contributed by atoms with Crippen molar-refractivity contribution in [2.75, 3.05) is 11.5 Å². The van der Waals surface area contributed by atoms with E-state index in [-0.39, 0.29) is 35.0 Å². The zero-order chi connectivity index (χ0) is 23.4. The van der Waals surface area contributed by atoms with E-state index in [2.05, 4.69) is 24.9 Å². The molecule has 11 nitrogen and oxygen atoms in total. The Kier molecular flexibility index (Phi) is 4.11. The molecule has 0 spiro atoms. The Morgan fingerprint density at radius 3 is 1.65 bits per heavy atom. The lowest BCUT2D eigenvalue weighted by molar-refractivity contribution is 0.399. The van der Waals surface area contributed by atoms with Gasteiger partial charge >= 0.3 is 0 Å². The highest BCUT2D eigenvalue weighted by Gasteiger charge is 2.23. The molecule has 2 aliphatic heterocycles. The third-order valence-corrected chi connectivity index (χ3v) is 5.42. The average Bonchev–Trinajstić information content (AvgIpc) is 3.46. The van der Waals surface area contributed by atoms with Crippen molar-refractivity contribution in [2.24, 2.45) is 0 Å². The van der Waals surface area contributed by atoms with Gasteiger partial charge in [0.15, 0.2) is 11.5 Å². The van der Waals surface area contributed by atoms with Crippen molar-refractivity contribution < 1.29 is 19.7 Å². The molecule has 4 aromatic rings. The Morgan fingerprint density at radius 2 is 1.18 bits per heavy atom. The first-order valence-corrected chi connectivity index (χ1v) is 10.1. The summed E-state index contributed by atoms with van der Waals surface area (Å²) in [5, 5.41) is 22.0. The van der Waals surface area contributed by atoms with Gasteiger partial charge in [0, 0.05) is 34.5 Å². The molecule has 168 valence electrons. The Balaban J connectivity index is 1.42. The molecular weight excluding hydrogens is 438 g/mol. The van der Waals surface area contributed by atoms with Crippen LogP contribution in [0.5, 0.6) is 35.0 Å². The molecule has 0 aliphatic carbocycles. The number of nitrogens with one attached hydrogen (secondary N) is 2. The molecule has 0 saturated carbocycles. The van der Waals surface area contributed by atoms with E-state index in [0.717, 1.165) is 0 Å². The topological polar surface area (TPSA) is 181 Å². The summed E-state index contributed by atoms with van der Waals surface area (Å²) >= 11 is 0. The number of anilines is 2. The zero-order valence-corrected chi connectivity index (χ0v) is 17.4. The predicted octanol–water partition coefficient (Wildman–Crippen LogP) is 4.10. The summed E-state index contributed by atoms with van der Waals surface area (Å²) < 4.78 is 12.0. The molecule has 0 atom stereocenters. The molecule has 2 aliphatic rings. The van der Waals surface area contributed by atoms with Crippen LogP contribution in [-0.4, -0.2) is 35.1 Å². The van der Waals surface area contributed by atoms with Gasteiger partial charge in [-0.3, -0.25) is 4.98 Å². The summed E-state index contributed by atoms with van der Waals surface area (Å²) in [5.74, 6) is 0.257. The molecular formula is C23H17N7O4. The summed E-state index contributed by atoms with van der Waals surface area (Å²) in [6.07, 6.45) is 4.34. The predicted molar refractivity (Wildman–Crippen MR) is 125 cm³/mol. The maximum absolute atomic E-state index is 10.4. The number of aromatic amines is 2. The van der Waals surface area contributed by atoms with E-state index in [1.807, 2.05) is 0 Å². The molecule has 2 aromatic heterocycles. The lowest BCUT2D eigenvalue weighted by atomic mass is 10.2. The number of aromatic hydroxyl groups is 2. The summed E-state index contributed by atoms with van der Waals surface area (Å²) in [4.78, 5) is 18.4. The Labute approximate surface area is 191 Å². The van der Waals surface area contributed by atoms with Crippen LogP contribution in [0.2, 0.25) is 0 Å². The van der Waals surface area contributed by atoms with Crippen LogP contribution in [0.1, 0.15) is 0 Å². The molecule has 4 heterocycles. The first kappa shape index (κ1) is 19.5. The van der Waals surface area contributed by atoms with Gasteiger partial charge in [0.05, 0.1) is 22.2 Å². The molecule has 0 unspecified atom stereocenters. The Hall–Kier alpha value is -5.19. The normalized spacial score (nSPS) is 11.4. The summed E-state index contributed by atoms with van der Waals surface area (Å²) in [6.45, 7) is 0. The van der Waals surface area contributed by atoms with Crippen molar-refractivity contribution in [3.8, 4) is 46.1 Å². The quantitative estimate of drug-likeness (QED) is 0.213. The van der Waals surface area contributed by atoms with Gasteiger partial charge in [-0.2, -0.15) is 0 Å². The maximum Gasteiger partial charge on any atom is 0.233 e. The highest BCUT2D eigenvalue weighted by atomic mass is 16.5. The number of hydrogen-bond acceptors (Lipinski definition) is 9. The fourth-order valence-corrected chi connectivity index (χ4v) is 3.84. The van der Waals surface area contributed by atoms with E-state index in [0.29, 0.717) is 44.3 Å². The molecule has 34 heavy (non-hydrogen) atoms. The molecule has 0 radical (unpaired) electrons. The van der Waals surface area contributed by atoms with Crippen LogP contribution in [0.15, 0.2) is 55.1 Å². The van der Waals surface area contributed by atoms with Crippen molar-refractivity contribution in [3.63, 3.8) is 0 Å². The second-order valence-electron chi connectivity index (χ2n) is 7.64. The third kappa shape index (κ3) is 3.03. The molecule has 0 fully saturated rings. The maximum atomic E-state index is 10.4. The number of hydrogen-bond donors (Lipinski definition) is 6. The van der Waals surface area contributed by atoms with Gasteiger partial charge in [0.2, 0.25) is 23.5 Å². The van der Waals surface area contributed by atoms with Crippen LogP contribution < -0.4 is 20.9 Å². The van der Waals surface area contributed by atoms with E-state index < -0.39 is 0 Å². The molecule has 0 bridgehead atoms. The highest BCUT2D eigenvalue weighted by Crippen LogP contribution is 2.45. The van der Waals surface area contributed by atoms with Gasteiger partial charge in [-0.25, -0.2) is 9.97 Å².